The molecule has 0 saturated carbocycles. The van der Waals surface area contributed by atoms with Crippen molar-refractivity contribution in [2.75, 3.05) is 6.54 Å². The van der Waals surface area contributed by atoms with Crippen LogP contribution in [0.3, 0.4) is 0 Å². The highest BCUT2D eigenvalue weighted by atomic mass is 79.9. The first kappa shape index (κ1) is 16.0. The van der Waals surface area contributed by atoms with Gasteiger partial charge in [0, 0.05) is 11.0 Å². The molecule has 0 spiro atoms. The fourth-order valence-electron chi connectivity index (χ4n) is 3.01. The molecule has 1 aliphatic rings. The summed E-state index contributed by atoms with van der Waals surface area (Å²) in [4.78, 5) is 25.6. The van der Waals surface area contributed by atoms with E-state index >= 15 is 0 Å². The van der Waals surface area contributed by atoms with Gasteiger partial charge in [0.1, 0.15) is 6.04 Å². The van der Waals surface area contributed by atoms with E-state index in [1.807, 2.05) is 38.1 Å². The van der Waals surface area contributed by atoms with E-state index < -0.39 is 12.0 Å². The molecule has 1 atom stereocenters. The number of carboxylic acids is 1. The van der Waals surface area contributed by atoms with Crippen LogP contribution in [0.15, 0.2) is 28.7 Å². The SMILES string of the molecule is CC1(C)CCCN(C(=O)Cc2ccc(Br)cc2)C1C(=O)O. The van der Waals surface area contributed by atoms with E-state index in [0.717, 1.165) is 22.9 Å². The van der Waals surface area contributed by atoms with E-state index in [4.69, 9.17) is 0 Å². The lowest BCUT2D eigenvalue weighted by atomic mass is 9.76. The van der Waals surface area contributed by atoms with Crippen molar-refractivity contribution in [1.29, 1.82) is 0 Å². The van der Waals surface area contributed by atoms with Crippen LogP contribution < -0.4 is 0 Å². The average Bonchev–Trinajstić information content (AvgIpc) is 2.39. The number of likely N-dealkylation sites (tertiary alicyclic amines) is 1. The molecular weight excluding hydrogens is 334 g/mol. The van der Waals surface area contributed by atoms with Crippen LogP contribution in [0.25, 0.3) is 0 Å². The summed E-state index contributed by atoms with van der Waals surface area (Å²) in [5, 5.41) is 9.50. The summed E-state index contributed by atoms with van der Waals surface area (Å²) < 4.78 is 0.959. The first-order valence-electron chi connectivity index (χ1n) is 7.08. The number of benzene rings is 1. The van der Waals surface area contributed by atoms with Crippen molar-refractivity contribution >= 4 is 27.8 Å². The lowest BCUT2D eigenvalue weighted by molar-refractivity contribution is -0.158. The fourth-order valence-corrected chi connectivity index (χ4v) is 3.27. The lowest BCUT2D eigenvalue weighted by Crippen LogP contribution is -2.56. The highest BCUT2D eigenvalue weighted by molar-refractivity contribution is 9.10. The van der Waals surface area contributed by atoms with Crippen LogP contribution in [0.1, 0.15) is 32.3 Å². The minimum absolute atomic E-state index is 0.113. The number of amides is 1. The molecule has 0 aromatic heterocycles. The number of piperidine rings is 1. The Balaban J connectivity index is 2.16. The van der Waals surface area contributed by atoms with Gasteiger partial charge in [-0.25, -0.2) is 4.79 Å². The summed E-state index contributed by atoms with van der Waals surface area (Å²) in [7, 11) is 0. The van der Waals surface area contributed by atoms with Crippen molar-refractivity contribution in [2.45, 2.75) is 39.2 Å². The number of hydrogen-bond acceptors (Lipinski definition) is 2. The van der Waals surface area contributed by atoms with Crippen LogP contribution >= 0.6 is 15.9 Å². The van der Waals surface area contributed by atoms with E-state index in [0.29, 0.717) is 6.54 Å². The van der Waals surface area contributed by atoms with Gasteiger partial charge in [0.15, 0.2) is 0 Å². The highest BCUT2D eigenvalue weighted by Crippen LogP contribution is 2.35. The number of carboxylic acid groups (broad SMARTS) is 1. The van der Waals surface area contributed by atoms with Crippen LogP contribution in [0, 0.1) is 5.41 Å². The zero-order valence-electron chi connectivity index (χ0n) is 12.3. The number of carbonyl (C=O) groups is 2. The maximum atomic E-state index is 12.5. The van der Waals surface area contributed by atoms with Crippen molar-refractivity contribution < 1.29 is 14.7 Å². The van der Waals surface area contributed by atoms with Gasteiger partial charge in [-0.3, -0.25) is 4.79 Å². The second-order valence-corrected chi connectivity index (χ2v) is 7.14. The van der Waals surface area contributed by atoms with E-state index in [2.05, 4.69) is 15.9 Å². The van der Waals surface area contributed by atoms with Gasteiger partial charge >= 0.3 is 5.97 Å². The minimum Gasteiger partial charge on any atom is -0.480 e. The summed E-state index contributed by atoms with van der Waals surface area (Å²) in [5.74, 6) is -1.03. The van der Waals surface area contributed by atoms with Crippen molar-refractivity contribution in [3.63, 3.8) is 0 Å². The topological polar surface area (TPSA) is 57.6 Å². The van der Waals surface area contributed by atoms with Gasteiger partial charge < -0.3 is 10.0 Å². The molecule has 21 heavy (non-hydrogen) atoms. The second kappa shape index (κ2) is 6.18. The zero-order valence-corrected chi connectivity index (χ0v) is 13.9. The molecule has 0 aliphatic carbocycles. The van der Waals surface area contributed by atoms with Crippen molar-refractivity contribution in [1.82, 2.24) is 4.90 Å². The fraction of sp³-hybridized carbons (Fsp3) is 0.500. The Morgan fingerprint density at radius 3 is 2.52 bits per heavy atom. The third kappa shape index (κ3) is 3.64. The van der Waals surface area contributed by atoms with Crippen LogP contribution in [-0.4, -0.2) is 34.5 Å². The molecule has 1 unspecified atom stereocenters. The average molecular weight is 354 g/mol. The number of halogens is 1. The Labute approximate surface area is 133 Å². The summed E-state index contributed by atoms with van der Waals surface area (Å²) in [6.07, 6.45) is 1.92. The first-order valence-corrected chi connectivity index (χ1v) is 7.87. The Morgan fingerprint density at radius 2 is 1.95 bits per heavy atom. The smallest absolute Gasteiger partial charge is 0.326 e. The predicted octanol–water partition coefficient (Wildman–Crippen LogP) is 3.09. The Morgan fingerprint density at radius 1 is 1.33 bits per heavy atom. The predicted molar refractivity (Wildman–Crippen MR) is 84.0 cm³/mol. The molecule has 1 aromatic carbocycles. The van der Waals surface area contributed by atoms with Crippen molar-refractivity contribution in [3.05, 3.63) is 34.3 Å². The van der Waals surface area contributed by atoms with Crippen LogP contribution in [0.2, 0.25) is 0 Å². The van der Waals surface area contributed by atoms with Crippen LogP contribution in [0.5, 0.6) is 0 Å². The third-order valence-corrected chi connectivity index (χ3v) is 4.62. The molecule has 0 radical (unpaired) electrons. The molecule has 0 bridgehead atoms. The molecule has 1 fully saturated rings. The molecule has 1 saturated heterocycles. The normalized spacial score (nSPS) is 21.1. The second-order valence-electron chi connectivity index (χ2n) is 6.22. The van der Waals surface area contributed by atoms with Crippen molar-refractivity contribution in [2.24, 2.45) is 5.41 Å². The Bertz CT molecular complexity index is 539. The monoisotopic (exact) mass is 353 g/mol. The number of carbonyl (C=O) groups excluding carboxylic acids is 1. The number of aliphatic carboxylic acids is 1. The van der Waals surface area contributed by atoms with Gasteiger partial charge in [-0.2, -0.15) is 0 Å². The molecule has 2 rings (SSSR count). The minimum atomic E-state index is -0.913. The van der Waals surface area contributed by atoms with Gasteiger partial charge in [0.25, 0.3) is 0 Å². The number of hydrogen-bond donors (Lipinski definition) is 1. The summed E-state index contributed by atoms with van der Waals surface area (Å²) in [5.41, 5.74) is 0.509. The van der Waals surface area contributed by atoms with Gasteiger partial charge in [-0.1, -0.05) is 41.9 Å². The summed E-state index contributed by atoms with van der Waals surface area (Å²) >= 11 is 3.36. The standard InChI is InChI=1S/C16H20BrNO3/c1-16(2)8-3-9-18(14(16)15(20)21)13(19)10-11-4-6-12(17)7-5-11/h4-7,14H,3,8-10H2,1-2H3,(H,20,21). The van der Waals surface area contributed by atoms with E-state index in [1.165, 1.54) is 4.90 Å². The van der Waals surface area contributed by atoms with Crippen LogP contribution in [-0.2, 0) is 16.0 Å². The molecule has 5 heteroatoms. The highest BCUT2D eigenvalue weighted by Gasteiger charge is 2.44. The molecule has 114 valence electrons. The molecule has 1 N–H and O–H groups in total. The molecule has 1 amide bonds. The van der Waals surface area contributed by atoms with E-state index in [1.54, 1.807) is 0 Å². The number of rotatable bonds is 3. The van der Waals surface area contributed by atoms with Gasteiger partial charge in [0.05, 0.1) is 6.42 Å². The molecule has 4 nitrogen and oxygen atoms in total. The summed E-state index contributed by atoms with van der Waals surface area (Å²) in [6.45, 7) is 4.37. The number of nitrogens with zero attached hydrogens (tertiary/aromatic N) is 1. The maximum Gasteiger partial charge on any atom is 0.326 e. The molecular formula is C16H20BrNO3. The van der Waals surface area contributed by atoms with E-state index in [-0.39, 0.29) is 17.7 Å². The van der Waals surface area contributed by atoms with Gasteiger partial charge in [-0.15, -0.1) is 0 Å². The van der Waals surface area contributed by atoms with Crippen molar-refractivity contribution in [3.8, 4) is 0 Å². The van der Waals surface area contributed by atoms with Gasteiger partial charge in [-0.05, 0) is 36.0 Å². The van der Waals surface area contributed by atoms with Crippen LogP contribution in [0.4, 0.5) is 0 Å². The largest absolute Gasteiger partial charge is 0.480 e. The van der Waals surface area contributed by atoms with E-state index in [9.17, 15) is 14.7 Å². The Hall–Kier alpha value is -1.36. The maximum absolute atomic E-state index is 12.5. The lowest BCUT2D eigenvalue weighted by Gasteiger charge is -2.44. The zero-order chi connectivity index (χ0) is 15.6. The third-order valence-electron chi connectivity index (χ3n) is 4.09. The van der Waals surface area contributed by atoms with Gasteiger partial charge in [0.2, 0.25) is 5.91 Å². The first-order chi connectivity index (χ1) is 9.81. The Kier molecular flexibility index (Phi) is 4.71. The molecule has 1 aliphatic heterocycles. The molecule has 1 heterocycles. The molecule has 1 aromatic rings. The summed E-state index contributed by atoms with van der Waals surface area (Å²) in [6, 6.07) is 6.79. The quantitative estimate of drug-likeness (QED) is 0.908.